The third-order valence-corrected chi connectivity index (χ3v) is 6.51. The molecule has 32 heavy (non-hydrogen) atoms. The smallest absolute Gasteiger partial charge is 0.281 e. The van der Waals surface area contributed by atoms with Crippen LogP contribution in [0.15, 0.2) is 72.1 Å². The molecule has 2 aromatic carbocycles. The van der Waals surface area contributed by atoms with Gasteiger partial charge in [-0.25, -0.2) is 4.98 Å². The standard InChI is InChI=1S/C23H18N4O3S2/c1-14-19(32-23(24-14)15-7-3-2-4-8-15)22(30)27-26-20(28)16-9-5-10-17(13-16)25-21(29)18-11-6-12-31-18/h2-13H,1H3,(H,25,29)(H,26,28)(H,27,30). The number of benzene rings is 2. The molecule has 0 atom stereocenters. The maximum absolute atomic E-state index is 12.6. The van der Waals surface area contributed by atoms with Gasteiger partial charge in [0.15, 0.2) is 0 Å². The van der Waals surface area contributed by atoms with E-state index in [4.69, 9.17) is 0 Å². The quantitative estimate of drug-likeness (QED) is 0.380. The van der Waals surface area contributed by atoms with E-state index < -0.39 is 11.8 Å². The number of carbonyl (C=O) groups excluding carboxylic acids is 3. The van der Waals surface area contributed by atoms with Gasteiger partial charge in [0.25, 0.3) is 17.7 Å². The van der Waals surface area contributed by atoms with Crippen LogP contribution in [0.2, 0.25) is 0 Å². The summed E-state index contributed by atoms with van der Waals surface area (Å²) in [7, 11) is 0. The van der Waals surface area contributed by atoms with E-state index >= 15 is 0 Å². The molecule has 0 aliphatic carbocycles. The number of hydrazine groups is 1. The fourth-order valence-electron chi connectivity index (χ4n) is 2.89. The van der Waals surface area contributed by atoms with Gasteiger partial charge in [-0.05, 0) is 36.6 Å². The van der Waals surface area contributed by atoms with Gasteiger partial charge in [-0.15, -0.1) is 22.7 Å². The van der Waals surface area contributed by atoms with Crippen LogP contribution in [0.5, 0.6) is 0 Å². The Morgan fingerprint density at radius 3 is 2.38 bits per heavy atom. The van der Waals surface area contributed by atoms with Gasteiger partial charge in [-0.1, -0.05) is 42.5 Å². The number of aromatic nitrogens is 1. The first-order valence-corrected chi connectivity index (χ1v) is 11.3. The second kappa shape index (κ2) is 9.54. The predicted molar refractivity (Wildman–Crippen MR) is 126 cm³/mol. The minimum Gasteiger partial charge on any atom is -0.321 e. The third-order valence-electron chi connectivity index (χ3n) is 4.44. The Bertz CT molecular complexity index is 1270. The van der Waals surface area contributed by atoms with E-state index in [9.17, 15) is 14.4 Å². The molecule has 0 saturated carbocycles. The number of nitrogens with zero attached hydrogens (tertiary/aromatic N) is 1. The number of anilines is 1. The Morgan fingerprint density at radius 1 is 0.844 bits per heavy atom. The molecule has 3 amide bonds. The highest BCUT2D eigenvalue weighted by atomic mass is 32.1. The minimum atomic E-state index is -0.504. The molecule has 0 bridgehead atoms. The highest BCUT2D eigenvalue weighted by molar-refractivity contribution is 7.17. The molecule has 0 fully saturated rings. The molecule has 4 aromatic rings. The van der Waals surface area contributed by atoms with Crippen molar-refractivity contribution in [3.8, 4) is 10.6 Å². The number of nitrogens with one attached hydrogen (secondary N) is 3. The molecular weight excluding hydrogens is 444 g/mol. The summed E-state index contributed by atoms with van der Waals surface area (Å²) in [4.78, 5) is 42.7. The van der Waals surface area contributed by atoms with Gasteiger partial charge >= 0.3 is 0 Å². The van der Waals surface area contributed by atoms with E-state index in [1.165, 1.54) is 22.7 Å². The topological polar surface area (TPSA) is 100 Å². The van der Waals surface area contributed by atoms with E-state index in [2.05, 4.69) is 21.2 Å². The zero-order valence-corrected chi connectivity index (χ0v) is 18.5. The molecule has 0 radical (unpaired) electrons. The molecule has 0 spiro atoms. The average molecular weight is 463 g/mol. The van der Waals surface area contributed by atoms with Crippen LogP contribution in [0, 0.1) is 6.92 Å². The van der Waals surface area contributed by atoms with Crippen LogP contribution in [0.3, 0.4) is 0 Å². The number of hydrogen-bond donors (Lipinski definition) is 3. The summed E-state index contributed by atoms with van der Waals surface area (Å²) in [6.07, 6.45) is 0. The average Bonchev–Trinajstić information content (AvgIpc) is 3.48. The number of aryl methyl sites for hydroxylation is 1. The second-order valence-corrected chi connectivity index (χ2v) is 8.67. The van der Waals surface area contributed by atoms with E-state index in [0.717, 1.165) is 10.6 Å². The van der Waals surface area contributed by atoms with Crippen LogP contribution < -0.4 is 16.2 Å². The molecular formula is C23H18N4O3S2. The van der Waals surface area contributed by atoms with E-state index in [0.29, 0.717) is 26.7 Å². The zero-order valence-electron chi connectivity index (χ0n) is 16.9. The van der Waals surface area contributed by atoms with Crippen LogP contribution in [-0.4, -0.2) is 22.7 Å². The summed E-state index contributed by atoms with van der Waals surface area (Å²) < 4.78 is 0. The SMILES string of the molecule is Cc1nc(-c2ccccc2)sc1C(=O)NNC(=O)c1cccc(NC(=O)c2cccs2)c1. The molecule has 0 aliphatic heterocycles. The Labute approximate surface area is 192 Å². The molecule has 2 heterocycles. The Kier molecular flexibility index (Phi) is 6.39. The van der Waals surface area contributed by atoms with Crippen molar-refractivity contribution >= 4 is 46.1 Å². The highest BCUT2D eigenvalue weighted by Gasteiger charge is 2.17. The van der Waals surface area contributed by atoms with Crippen molar-refractivity contribution in [1.82, 2.24) is 15.8 Å². The summed E-state index contributed by atoms with van der Waals surface area (Å²) >= 11 is 2.58. The van der Waals surface area contributed by atoms with Crippen molar-refractivity contribution < 1.29 is 14.4 Å². The highest BCUT2D eigenvalue weighted by Crippen LogP contribution is 2.27. The molecule has 7 nitrogen and oxygen atoms in total. The van der Waals surface area contributed by atoms with Crippen molar-refractivity contribution in [2.24, 2.45) is 0 Å². The van der Waals surface area contributed by atoms with Crippen molar-refractivity contribution in [3.05, 3.63) is 93.1 Å². The monoisotopic (exact) mass is 462 g/mol. The van der Waals surface area contributed by atoms with Crippen molar-refractivity contribution in [3.63, 3.8) is 0 Å². The molecule has 0 unspecified atom stereocenters. The minimum absolute atomic E-state index is 0.249. The summed E-state index contributed by atoms with van der Waals surface area (Å²) in [5, 5.41) is 5.30. The molecule has 160 valence electrons. The van der Waals surface area contributed by atoms with E-state index in [-0.39, 0.29) is 5.91 Å². The van der Waals surface area contributed by atoms with E-state index in [1.807, 2.05) is 35.7 Å². The molecule has 3 N–H and O–H groups in total. The summed E-state index contributed by atoms with van der Waals surface area (Å²) in [6.45, 7) is 1.75. The molecule has 4 rings (SSSR count). The van der Waals surface area contributed by atoms with Gasteiger partial charge in [0.05, 0.1) is 10.6 Å². The zero-order chi connectivity index (χ0) is 22.5. The molecule has 9 heteroatoms. The number of thiophene rings is 1. The van der Waals surface area contributed by atoms with Crippen LogP contribution in [0.1, 0.15) is 35.4 Å². The largest absolute Gasteiger partial charge is 0.321 e. The van der Waals surface area contributed by atoms with Crippen LogP contribution >= 0.6 is 22.7 Å². The summed E-state index contributed by atoms with van der Waals surface area (Å²) in [5.74, 6) is -1.20. The fourth-order valence-corrected chi connectivity index (χ4v) is 4.48. The van der Waals surface area contributed by atoms with Gasteiger partial charge in [0.2, 0.25) is 0 Å². The van der Waals surface area contributed by atoms with Gasteiger partial charge in [-0.3, -0.25) is 25.2 Å². The predicted octanol–water partition coefficient (Wildman–Crippen LogP) is 4.51. The van der Waals surface area contributed by atoms with Gasteiger partial charge in [0.1, 0.15) is 9.88 Å². The van der Waals surface area contributed by atoms with Crippen LogP contribution in [-0.2, 0) is 0 Å². The fraction of sp³-hybridized carbons (Fsp3) is 0.0435. The number of hydrogen-bond acceptors (Lipinski definition) is 6. The van der Waals surface area contributed by atoms with Crippen LogP contribution in [0.25, 0.3) is 10.6 Å². The lowest BCUT2D eigenvalue weighted by Crippen LogP contribution is -2.41. The van der Waals surface area contributed by atoms with E-state index in [1.54, 1.807) is 43.3 Å². The van der Waals surface area contributed by atoms with Crippen molar-refractivity contribution in [2.45, 2.75) is 6.92 Å². The molecule has 0 aliphatic rings. The van der Waals surface area contributed by atoms with Crippen molar-refractivity contribution in [1.29, 1.82) is 0 Å². The van der Waals surface area contributed by atoms with Gasteiger partial charge in [-0.2, -0.15) is 0 Å². The van der Waals surface area contributed by atoms with Crippen LogP contribution in [0.4, 0.5) is 5.69 Å². The number of carbonyl (C=O) groups is 3. The number of thiazole rings is 1. The lowest BCUT2D eigenvalue weighted by molar-refractivity contribution is 0.0848. The molecule has 2 aromatic heterocycles. The van der Waals surface area contributed by atoms with Crippen molar-refractivity contribution in [2.75, 3.05) is 5.32 Å². The second-order valence-electron chi connectivity index (χ2n) is 6.72. The molecule has 0 saturated heterocycles. The third kappa shape index (κ3) is 4.90. The lowest BCUT2D eigenvalue weighted by Gasteiger charge is -2.09. The first-order chi connectivity index (χ1) is 15.5. The van der Waals surface area contributed by atoms with Gasteiger partial charge < -0.3 is 5.32 Å². The Morgan fingerprint density at radius 2 is 1.62 bits per heavy atom. The summed E-state index contributed by atoms with van der Waals surface area (Å²) in [5.41, 5.74) is 7.12. The Balaban J connectivity index is 1.39. The number of rotatable bonds is 5. The van der Waals surface area contributed by atoms with Gasteiger partial charge in [0, 0.05) is 16.8 Å². The summed E-state index contributed by atoms with van der Waals surface area (Å²) in [6, 6.07) is 19.6. The maximum Gasteiger partial charge on any atom is 0.281 e. The first kappa shape index (κ1) is 21.4. The lowest BCUT2D eigenvalue weighted by atomic mass is 10.2. The normalized spacial score (nSPS) is 10.4. The first-order valence-electron chi connectivity index (χ1n) is 9.60. The maximum atomic E-state index is 12.6. The number of amides is 3. The Hall–Kier alpha value is -3.82.